The zero-order valence-electron chi connectivity index (χ0n) is 13.5. The Bertz CT molecular complexity index is 693. The molecule has 1 amide bonds. The molecule has 0 fully saturated rings. The fourth-order valence-corrected chi connectivity index (χ4v) is 2.78. The van der Waals surface area contributed by atoms with E-state index in [0.717, 1.165) is 35.6 Å². The summed E-state index contributed by atoms with van der Waals surface area (Å²) in [5.41, 5.74) is 2.84. The summed E-state index contributed by atoms with van der Waals surface area (Å²) in [6, 6.07) is 9.65. The molecule has 0 spiro atoms. The minimum atomic E-state index is -0.0646. The molecule has 1 aromatic carbocycles. The first-order chi connectivity index (χ1) is 11.2. The number of benzene rings is 1. The average molecular weight is 314 g/mol. The van der Waals surface area contributed by atoms with Gasteiger partial charge in [-0.05, 0) is 36.6 Å². The summed E-state index contributed by atoms with van der Waals surface area (Å²) < 4.78 is 11.0. The van der Waals surface area contributed by atoms with Crippen LogP contribution in [0.1, 0.15) is 28.7 Å². The first kappa shape index (κ1) is 15.5. The monoisotopic (exact) mass is 314 g/mol. The maximum absolute atomic E-state index is 12.1. The molecule has 1 atom stereocenters. The molecule has 0 aliphatic carbocycles. The van der Waals surface area contributed by atoms with E-state index in [9.17, 15) is 4.79 Å². The molecule has 23 heavy (non-hydrogen) atoms. The molecule has 0 unspecified atom stereocenters. The van der Waals surface area contributed by atoms with Gasteiger partial charge in [0.05, 0.1) is 13.7 Å². The number of hydrogen-bond donors (Lipinski definition) is 2. The largest absolute Gasteiger partial charge is 0.497 e. The highest BCUT2D eigenvalue weighted by Gasteiger charge is 2.21. The molecule has 3 rings (SSSR count). The van der Waals surface area contributed by atoms with Crippen molar-refractivity contribution in [3.63, 3.8) is 0 Å². The summed E-state index contributed by atoms with van der Waals surface area (Å²) in [4.78, 5) is 15.3. The molecule has 0 saturated carbocycles. The highest BCUT2D eigenvalue weighted by atomic mass is 16.5. The highest BCUT2D eigenvalue weighted by molar-refractivity contribution is 5.92. The van der Waals surface area contributed by atoms with Gasteiger partial charge in [0.1, 0.15) is 17.2 Å². The molecule has 0 bridgehead atoms. The minimum Gasteiger partial charge on any atom is -0.497 e. The number of aromatic amines is 1. The Morgan fingerprint density at radius 2 is 2.26 bits per heavy atom. The Labute approximate surface area is 136 Å². The van der Waals surface area contributed by atoms with Crippen LogP contribution >= 0.6 is 0 Å². The van der Waals surface area contributed by atoms with E-state index in [1.807, 2.05) is 30.3 Å². The number of aromatic nitrogens is 1. The van der Waals surface area contributed by atoms with Gasteiger partial charge in [0.2, 0.25) is 0 Å². The number of H-pyrrole nitrogens is 1. The maximum atomic E-state index is 12.1. The summed E-state index contributed by atoms with van der Waals surface area (Å²) in [7, 11) is 1.65. The number of carbonyl (C=O) groups is 1. The Morgan fingerprint density at radius 3 is 3.00 bits per heavy atom. The highest BCUT2D eigenvalue weighted by Crippen LogP contribution is 2.30. The Hall–Kier alpha value is -2.43. The van der Waals surface area contributed by atoms with Crippen LogP contribution in [0.5, 0.6) is 11.5 Å². The van der Waals surface area contributed by atoms with Gasteiger partial charge in [-0.2, -0.15) is 0 Å². The van der Waals surface area contributed by atoms with Crippen LogP contribution < -0.4 is 14.8 Å². The van der Waals surface area contributed by atoms with Crippen molar-refractivity contribution in [1.29, 1.82) is 0 Å². The molecule has 5 heteroatoms. The molecule has 0 saturated heterocycles. The van der Waals surface area contributed by atoms with E-state index >= 15 is 0 Å². The minimum absolute atomic E-state index is 0.0646. The predicted molar refractivity (Wildman–Crippen MR) is 88.2 cm³/mol. The number of methoxy groups -OCH3 is 1. The molecule has 1 aliphatic heterocycles. The summed E-state index contributed by atoms with van der Waals surface area (Å²) in [6.07, 6.45) is 1.79. The van der Waals surface area contributed by atoms with Crippen LogP contribution in [0.4, 0.5) is 0 Å². The molecule has 2 heterocycles. The lowest BCUT2D eigenvalue weighted by molar-refractivity contribution is 0.0934. The fourth-order valence-electron chi connectivity index (χ4n) is 2.78. The lowest BCUT2D eigenvalue weighted by Crippen LogP contribution is -2.35. The van der Waals surface area contributed by atoms with Crippen LogP contribution in [0.2, 0.25) is 0 Å². The third-order valence-electron chi connectivity index (χ3n) is 4.18. The van der Waals surface area contributed by atoms with Crippen molar-refractivity contribution >= 4 is 5.91 Å². The lowest BCUT2D eigenvalue weighted by Gasteiger charge is -2.25. The first-order valence-electron chi connectivity index (χ1n) is 7.95. The van der Waals surface area contributed by atoms with Crippen molar-refractivity contribution in [2.75, 3.05) is 20.3 Å². The second kappa shape index (κ2) is 6.77. The third kappa shape index (κ3) is 3.50. The molecule has 2 N–H and O–H groups in total. The standard InChI is InChI=1S/C18H22N2O3/c1-3-14-5-7-16(20-14)18(21)19-10-12-8-13-4-6-15(22-2)9-17(13)23-11-12/h4-7,9,12,20H,3,8,10-11H2,1-2H3,(H,19,21)/t12-/m1/s1. The smallest absolute Gasteiger partial charge is 0.267 e. The zero-order valence-corrected chi connectivity index (χ0v) is 13.5. The molecule has 0 radical (unpaired) electrons. The second-order valence-corrected chi connectivity index (χ2v) is 5.82. The van der Waals surface area contributed by atoms with Crippen molar-refractivity contribution in [3.05, 3.63) is 47.3 Å². The molecule has 2 aromatic rings. The van der Waals surface area contributed by atoms with Crippen LogP contribution in [-0.4, -0.2) is 31.2 Å². The molecule has 1 aromatic heterocycles. The summed E-state index contributed by atoms with van der Waals surface area (Å²) in [5.74, 6) is 1.89. The van der Waals surface area contributed by atoms with Crippen molar-refractivity contribution in [1.82, 2.24) is 10.3 Å². The molecule has 122 valence electrons. The normalized spacial score (nSPS) is 16.3. The number of rotatable bonds is 5. The number of aryl methyl sites for hydroxylation is 1. The van der Waals surface area contributed by atoms with Crippen LogP contribution in [0.25, 0.3) is 0 Å². The SMILES string of the molecule is CCc1ccc(C(=O)NC[C@@H]2COc3cc(OC)ccc3C2)[nH]1. The molecular weight excluding hydrogens is 292 g/mol. The average Bonchev–Trinajstić information content (AvgIpc) is 3.08. The second-order valence-electron chi connectivity index (χ2n) is 5.82. The Kier molecular flexibility index (Phi) is 4.55. The van der Waals surface area contributed by atoms with E-state index < -0.39 is 0 Å². The third-order valence-corrected chi connectivity index (χ3v) is 4.18. The van der Waals surface area contributed by atoms with E-state index in [1.54, 1.807) is 7.11 Å². The zero-order chi connectivity index (χ0) is 16.2. The summed E-state index contributed by atoms with van der Waals surface area (Å²) in [5, 5.41) is 2.98. The first-order valence-corrected chi connectivity index (χ1v) is 7.95. The van der Waals surface area contributed by atoms with Gasteiger partial charge in [-0.15, -0.1) is 0 Å². The van der Waals surface area contributed by atoms with Gasteiger partial charge < -0.3 is 19.8 Å². The van der Waals surface area contributed by atoms with E-state index in [-0.39, 0.29) is 11.8 Å². The lowest BCUT2D eigenvalue weighted by atomic mass is 9.96. The fraction of sp³-hybridized carbons (Fsp3) is 0.389. The van der Waals surface area contributed by atoms with E-state index in [4.69, 9.17) is 9.47 Å². The number of hydrogen-bond acceptors (Lipinski definition) is 3. The van der Waals surface area contributed by atoms with Gasteiger partial charge >= 0.3 is 0 Å². The van der Waals surface area contributed by atoms with Crippen molar-refractivity contribution in [2.24, 2.45) is 5.92 Å². The van der Waals surface area contributed by atoms with Crippen molar-refractivity contribution < 1.29 is 14.3 Å². The van der Waals surface area contributed by atoms with Crippen molar-refractivity contribution in [3.8, 4) is 11.5 Å². The van der Waals surface area contributed by atoms with Crippen molar-refractivity contribution in [2.45, 2.75) is 19.8 Å². The topological polar surface area (TPSA) is 63.4 Å². The number of amides is 1. The van der Waals surface area contributed by atoms with Crippen LogP contribution in [0, 0.1) is 5.92 Å². The van der Waals surface area contributed by atoms with Gasteiger partial charge in [0, 0.05) is 24.2 Å². The van der Waals surface area contributed by atoms with Gasteiger partial charge in [-0.25, -0.2) is 0 Å². The van der Waals surface area contributed by atoms with Gasteiger partial charge in [0.15, 0.2) is 0 Å². The quantitative estimate of drug-likeness (QED) is 0.891. The molecular formula is C18H22N2O3. The number of fused-ring (bicyclic) bond motifs is 1. The van der Waals surface area contributed by atoms with Crippen LogP contribution in [0.15, 0.2) is 30.3 Å². The van der Waals surface area contributed by atoms with E-state index in [0.29, 0.717) is 18.8 Å². The number of ether oxygens (including phenoxy) is 2. The van der Waals surface area contributed by atoms with Gasteiger partial charge in [-0.1, -0.05) is 13.0 Å². The summed E-state index contributed by atoms with van der Waals surface area (Å²) in [6.45, 7) is 3.26. The Balaban J connectivity index is 1.56. The van der Waals surface area contributed by atoms with Crippen LogP contribution in [0.3, 0.4) is 0 Å². The van der Waals surface area contributed by atoms with Gasteiger partial charge in [-0.3, -0.25) is 4.79 Å². The molecule has 5 nitrogen and oxygen atoms in total. The van der Waals surface area contributed by atoms with Gasteiger partial charge in [0.25, 0.3) is 5.91 Å². The van der Waals surface area contributed by atoms with E-state index in [2.05, 4.69) is 17.2 Å². The van der Waals surface area contributed by atoms with E-state index in [1.165, 1.54) is 0 Å². The number of nitrogens with one attached hydrogen (secondary N) is 2. The van der Waals surface area contributed by atoms with Crippen LogP contribution in [-0.2, 0) is 12.8 Å². The number of carbonyl (C=O) groups excluding carboxylic acids is 1. The Morgan fingerprint density at radius 1 is 1.39 bits per heavy atom. The maximum Gasteiger partial charge on any atom is 0.267 e. The molecule has 1 aliphatic rings. The predicted octanol–water partition coefficient (Wildman–Crippen LogP) is 2.57. The summed E-state index contributed by atoms with van der Waals surface area (Å²) >= 11 is 0.